The monoisotopic (exact) mass is 479 g/mol. The highest BCUT2D eigenvalue weighted by molar-refractivity contribution is 5.96. The van der Waals surface area contributed by atoms with Crippen LogP contribution in [0.3, 0.4) is 0 Å². The lowest BCUT2D eigenvalue weighted by molar-refractivity contribution is -0.156. The second-order valence-corrected chi connectivity index (χ2v) is 10.0. The molecular formula is C25H41N3O6. The van der Waals surface area contributed by atoms with Crippen molar-refractivity contribution in [2.45, 2.75) is 46.2 Å². The van der Waals surface area contributed by atoms with Crippen LogP contribution in [0.15, 0.2) is 12.2 Å². The van der Waals surface area contributed by atoms with Gasteiger partial charge in [0.15, 0.2) is 0 Å². The molecule has 2 fully saturated rings. The van der Waals surface area contributed by atoms with Crippen LogP contribution in [0.4, 0.5) is 0 Å². The zero-order valence-electron chi connectivity index (χ0n) is 20.9. The first-order chi connectivity index (χ1) is 16.3. The minimum atomic E-state index is -0.765. The molecule has 0 saturated carbocycles. The average molecular weight is 480 g/mol. The minimum Gasteiger partial charge on any atom is -0.466 e. The molecule has 0 aromatic carbocycles. The van der Waals surface area contributed by atoms with Gasteiger partial charge in [0, 0.05) is 32.1 Å². The predicted molar refractivity (Wildman–Crippen MR) is 127 cm³/mol. The maximum atomic E-state index is 13.8. The number of aliphatic hydroxyl groups is 1. The maximum Gasteiger partial charge on any atom is 0.310 e. The van der Waals surface area contributed by atoms with Crippen molar-refractivity contribution < 1.29 is 29.0 Å². The van der Waals surface area contributed by atoms with Gasteiger partial charge in [0.25, 0.3) is 0 Å². The standard InChI is InChI=1S/C25H41N3O6/c1-5-34-25(32)20-17(4)6-7-19-21(20)24(31)28(18(15-29)14-16(2)3)22(19)23(30)26-8-9-27-10-12-33-13-11-27/h6-7,16-22,29H,5,8-15H2,1-4H3,(H,26,30)/t17-,18-,19+,20-,21-,22+/m1/s1. The van der Waals surface area contributed by atoms with Crippen molar-refractivity contribution >= 4 is 17.8 Å². The molecule has 192 valence electrons. The quantitative estimate of drug-likeness (QED) is 0.350. The number of amides is 2. The topological polar surface area (TPSA) is 108 Å². The molecule has 0 aromatic heterocycles. The summed E-state index contributed by atoms with van der Waals surface area (Å²) in [5.74, 6) is -2.59. The van der Waals surface area contributed by atoms with Gasteiger partial charge in [-0.1, -0.05) is 32.9 Å². The van der Waals surface area contributed by atoms with E-state index in [4.69, 9.17) is 9.47 Å². The lowest BCUT2D eigenvalue weighted by Gasteiger charge is -2.34. The van der Waals surface area contributed by atoms with E-state index >= 15 is 0 Å². The number of aliphatic hydroxyl groups excluding tert-OH is 1. The third-order valence-electron chi connectivity index (χ3n) is 7.21. The van der Waals surface area contributed by atoms with Gasteiger partial charge in [-0.25, -0.2) is 0 Å². The number of allylic oxidation sites excluding steroid dienone is 1. The number of fused-ring (bicyclic) bond motifs is 1. The second-order valence-electron chi connectivity index (χ2n) is 10.0. The van der Waals surface area contributed by atoms with Crippen LogP contribution in [0.2, 0.25) is 0 Å². The maximum absolute atomic E-state index is 13.8. The van der Waals surface area contributed by atoms with E-state index in [1.165, 1.54) is 0 Å². The molecule has 2 aliphatic heterocycles. The van der Waals surface area contributed by atoms with Crippen molar-refractivity contribution in [3.8, 4) is 0 Å². The number of esters is 1. The Balaban J connectivity index is 1.84. The summed E-state index contributed by atoms with van der Waals surface area (Å²) in [6.07, 6.45) is 4.41. The zero-order valence-corrected chi connectivity index (χ0v) is 20.9. The summed E-state index contributed by atoms with van der Waals surface area (Å²) in [5, 5.41) is 13.2. The number of likely N-dealkylation sites (tertiary alicyclic amines) is 1. The Morgan fingerprint density at radius 2 is 1.97 bits per heavy atom. The Hall–Kier alpha value is -1.97. The van der Waals surface area contributed by atoms with E-state index in [0.717, 1.165) is 13.1 Å². The molecule has 1 aliphatic carbocycles. The van der Waals surface area contributed by atoms with Crippen molar-refractivity contribution in [2.24, 2.45) is 29.6 Å². The summed E-state index contributed by atoms with van der Waals surface area (Å²) < 4.78 is 10.7. The molecule has 2 N–H and O–H groups in total. The van der Waals surface area contributed by atoms with Crippen LogP contribution in [0.25, 0.3) is 0 Å². The summed E-state index contributed by atoms with van der Waals surface area (Å²) in [5.41, 5.74) is 0. The summed E-state index contributed by atoms with van der Waals surface area (Å²) in [6, 6.07) is -1.25. The van der Waals surface area contributed by atoms with Gasteiger partial charge >= 0.3 is 5.97 Å². The molecule has 2 amide bonds. The number of nitrogens with one attached hydrogen (secondary N) is 1. The third-order valence-corrected chi connectivity index (χ3v) is 7.21. The van der Waals surface area contributed by atoms with Gasteiger partial charge in [0.05, 0.1) is 44.3 Å². The Morgan fingerprint density at radius 1 is 1.26 bits per heavy atom. The second kappa shape index (κ2) is 12.1. The molecular weight excluding hydrogens is 438 g/mol. The summed E-state index contributed by atoms with van der Waals surface area (Å²) >= 11 is 0. The highest BCUT2D eigenvalue weighted by atomic mass is 16.5. The van der Waals surface area contributed by atoms with Gasteiger partial charge in [-0.15, -0.1) is 0 Å². The number of carbonyl (C=O) groups is 3. The van der Waals surface area contributed by atoms with Gasteiger partial charge in [-0.05, 0) is 25.2 Å². The van der Waals surface area contributed by atoms with Gasteiger partial charge in [0.1, 0.15) is 6.04 Å². The largest absolute Gasteiger partial charge is 0.466 e. The van der Waals surface area contributed by atoms with Crippen LogP contribution >= 0.6 is 0 Å². The van der Waals surface area contributed by atoms with E-state index in [9.17, 15) is 19.5 Å². The fraction of sp³-hybridized carbons (Fsp3) is 0.800. The van der Waals surface area contributed by atoms with Crippen molar-refractivity contribution in [3.63, 3.8) is 0 Å². The van der Waals surface area contributed by atoms with E-state index in [1.54, 1.807) is 11.8 Å². The Bertz CT molecular complexity index is 751. The lowest BCUT2D eigenvalue weighted by atomic mass is 9.70. The predicted octanol–water partition coefficient (Wildman–Crippen LogP) is 0.670. The van der Waals surface area contributed by atoms with Crippen molar-refractivity contribution in [3.05, 3.63) is 12.2 Å². The molecule has 9 heteroatoms. The van der Waals surface area contributed by atoms with Crippen LogP contribution in [-0.2, 0) is 23.9 Å². The van der Waals surface area contributed by atoms with Gasteiger partial charge in [-0.3, -0.25) is 19.3 Å². The number of hydrogen-bond acceptors (Lipinski definition) is 7. The summed E-state index contributed by atoms with van der Waals surface area (Å²) in [6.45, 7) is 11.9. The van der Waals surface area contributed by atoms with Crippen LogP contribution in [0, 0.1) is 29.6 Å². The Labute approximate surface area is 202 Å². The summed E-state index contributed by atoms with van der Waals surface area (Å²) in [4.78, 5) is 44.0. The molecule has 0 aromatic rings. The zero-order chi connectivity index (χ0) is 24.8. The van der Waals surface area contributed by atoms with E-state index in [1.807, 2.05) is 32.9 Å². The van der Waals surface area contributed by atoms with Crippen molar-refractivity contribution in [2.75, 3.05) is 52.6 Å². The average Bonchev–Trinajstić information content (AvgIpc) is 3.10. The van der Waals surface area contributed by atoms with Crippen LogP contribution in [0.5, 0.6) is 0 Å². The first kappa shape index (κ1) is 26.6. The lowest BCUT2D eigenvalue weighted by Crippen LogP contribution is -2.53. The highest BCUT2D eigenvalue weighted by Crippen LogP contribution is 2.45. The molecule has 3 aliphatic rings. The molecule has 0 radical (unpaired) electrons. The molecule has 3 rings (SSSR count). The van der Waals surface area contributed by atoms with Crippen LogP contribution < -0.4 is 5.32 Å². The van der Waals surface area contributed by atoms with E-state index in [0.29, 0.717) is 32.7 Å². The highest BCUT2D eigenvalue weighted by Gasteiger charge is 2.58. The van der Waals surface area contributed by atoms with Crippen molar-refractivity contribution in [1.29, 1.82) is 0 Å². The molecule has 6 atom stereocenters. The molecule has 2 saturated heterocycles. The summed E-state index contributed by atoms with van der Waals surface area (Å²) in [7, 11) is 0. The third kappa shape index (κ3) is 5.80. The van der Waals surface area contributed by atoms with Crippen LogP contribution in [-0.4, -0.2) is 97.4 Å². The van der Waals surface area contributed by atoms with Gasteiger partial charge in [0.2, 0.25) is 11.8 Å². The molecule has 0 unspecified atom stereocenters. The Kier molecular flexibility index (Phi) is 9.50. The molecule has 0 spiro atoms. The first-order valence-corrected chi connectivity index (χ1v) is 12.7. The van der Waals surface area contributed by atoms with E-state index in [2.05, 4.69) is 10.2 Å². The number of morpholine rings is 1. The number of nitrogens with zero attached hydrogens (tertiary/aromatic N) is 2. The van der Waals surface area contributed by atoms with Gasteiger partial charge in [-0.2, -0.15) is 0 Å². The van der Waals surface area contributed by atoms with Crippen LogP contribution in [0.1, 0.15) is 34.1 Å². The van der Waals surface area contributed by atoms with E-state index < -0.39 is 35.8 Å². The first-order valence-electron chi connectivity index (χ1n) is 12.7. The SMILES string of the molecule is CCOC(=O)[C@H]1[C@@H]2C(=O)N([C@@H](CO)CC(C)C)[C@H](C(=O)NCCN3CCOCC3)[C@H]2C=C[C@H]1C. The van der Waals surface area contributed by atoms with Crippen molar-refractivity contribution in [1.82, 2.24) is 15.1 Å². The minimum absolute atomic E-state index is 0.174. The number of carbonyl (C=O) groups excluding carboxylic acids is 3. The fourth-order valence-electron chi connectivity index (χ4n) is 5.62. The fourth-order valence-corrected chi connectivity index (χ4v) is 5.62. The number of hydrogen-bond donors (Lipinski definition) is 2. The number of ether oxygens (including phenoxy) is 2. The normalized spacial score (nSPS) is 30.4. The van der Waals surface area contributed by atoms with Gasteiger partial charge < -0.3 is 24.8 Å². The molecule has 2 heterocycles. The van der Waals surface area contributed by atoms with E-state index in [-0.39, 0.29) is 36.9 Å². The molecule has 34 heavy (non-hydrogen) atoms. The Morgan fingerprint density at radius 3 is 2.59 bits per heavy atom. The molecule has 9 nitrogen and oxygen atoms in total. The number of rotatable bonds is 10. The smallest absolute Gasteiger partial charge is 0.310 e. The molecule has 0 bridgehead atoms.